The molecule has 0 radical (unpaired) electrons. The van der Waals surface area contributed by atoms with Crippen LogP contribution in [-0.4, -0.2) is 0 Å². The third-order valence-electron chi connectivity index (χ3n) is 4.43. The van der Waals surface area contributed by atoms with Gasteiger partial charge in [-0.1, -0.05) is 84.9 Å². The van der Waals surface area contributed by atoms with E-state index in [1.165, 1.54) is 33.4 Å². The summed E-state index contributed by atoms with van der Waals surface area (Å²) < 4.78 is 0. The van der Waals surface area contributed by atoms with Gasteiger partial charge in [-0.25, -0.2) is 0 Å². The highest BCUT2D eigenvalue weighted by Gasteiger charge is 2.09. The van der Waals surface area contributed by atoms with Crippen molar-refractivity contribution in [1.29, 1.82) is 0 Å². The summed E-state index contributed by atoms with van der Waals surface area (Å²) in [5.41, 5.74) is 13.9. The number of benzene rings is 4. The quantitative estimate of drug-likeness (QED) is 0.442. The predicted molar refractivity (Wildman–Crippen MR) is 107 cm³/mol. The normalized spacial score (nSPS) is 10.6. The molecule has 0 saturated carbocycles. The lowest BCUT2D eigenvalue weighted by molar-refractivity contribution is 1.56. The van der Waals surface area contributed by atoms with Crippen LogP contribution in [0.5, 0.6) is 0 Å². The van der Waals surface area contributed by atoms with Crippen molar-refractivity contribution in [3.8, 4) is 33.4 Å². The van der Waals surface area contributed by atoms with Crippen LogP contribution in [-0.2, 0) is 0 Å². The van der Waals surface area contributed by atoms with Crippen LogP contribution >= 0.6 is 0 Å². The van der Waals surface area contributed by atoms with Gasteiger partial charge in [0.1, 0.15) is 0 Å². The molecule has 0 heterocycles. The van der Waals surface area contributed by atoms with Crippen molar-refractivity contribution < 1.29 is 0 Å². The second-order valence-electron chi connectivity index (χ2n) is 6.11. The Morgan fingerprint density at radius 3 is 1.56 bits per heavy atom. The number of nitrogens with two attached hydrogens (primary N) is 1. The van der Waals surface area contributed by atoms with Gasteiger partial charge in [-0.05, 0) is 51.6 Å². The molecular formula is C24H19N. The lowest BCUT2D eigenvalue weighted by Gasteiger charge is -2.13. The Morgan fingerprint density at radius 2 is 0.920 bits per heavy atom. The highest BCUT2D eigenvalue weighted by atomic mass is 14.5. The van der Waals surface area contributed by atoms with Crippen molar-refractivity contribution in [3.05, 3.63) is 103 Å². The summed E-state index contributed by atoms with van der Waals surface area (Å²) in [6.45, 7) is 0. The maximum absolute atomic E-state index is 5.87. The van der Waals surface area contributed by atoms with E-state index in [0.717, 1.165) is 5.69 Å². The first-order valence-corrected chi connectivity index (χ1v) is 8.42. The number of nitrogen functional groups attached to an aromatic ring is 1. The van der Waals surface area contributed by atoms with Crippen molar-refractivity contribution in [2.75, 3.05) is 5.73 Å². The predicted octanol–water partition coefficient (Wildman–Crippen LogP) is 6.27. The van der Waals surface area contributed by atoms with Crippen LogP contribution in [0.15, 0.2) is 103 Å². The topological polar surface area (TPSA) is 26.0 Å². The van der Waals surface area contributed by atoms with Gasteiger partial charge < -0.3 is 5.73 Å². The van der Waals surface area contributed by atoms with Crippen molar-refractivity contribution in [2.24, 2.45) is 0 Å². The Hall–Kier alpha value is -3.32. The first kappa shape index (κ1) is 15.2. The minimum absolute atomic E-state index is 0.782. The number of anilines is 1. The van der Waals surface area contributed by atoms with Gasteiger partial charge >= 0.3 is 0 Å². The van der Waals surface area contributed by atoms with Gasteiger partial charge in [0.05, 0.1) is 0 Å². The Bertz CT molecular complexity index is 971. The minimum Gasteiger partial charge on any atom is -0.399 e. The number of rotatable bonds is 3. The Balaban J connectivity index is 1.91. The average Bonchev–Trinajstić information content (AvgIpc) is 2.69. The molecule has 0 aliphatic rings. The van der Waals surface area contributed by atoms with Crippen LogP contribution in [0, 0.1) is 0 Å². The van der Waals surface area contributed by atoms with E-state index in [0.29, 0.717) is 0 Å². The van der Waals surface area contributed by atoms with E-state index < -0.39 is 0 Å². The molecule has 0 aliphatic carbocycles. The molecule has 4 aromatic carbocycles. The second kappa shape index (κ2) is 6.66. The first-order valence-electron chi connectivity index (χ1n) is 8.42. The SMILES string of the molecule is Nc1ccc(-c2cc(-c3ccccc3)ccc2-c2ccccc2)cc1. The fraction of sp³-hybridized carbons (Fsp3) is 0. The van der Waals surface area contributed by atoms with Crippen LogP contribution in [0.4, 0.5) is 5.69 Å². The van der Waals surface area contributed by atoms with E-state index in [-0.39, 0.29) is 0 Å². The molecule has 120 valence electrons. The fourth-order valence-corrected chi connectivity index (χ4v) is 3.13. The first-order chi connectivity index (χ1) is 12.3. The molecule has 0 atom stereocenters. The molecule has 0 fully saturated rings. The van der Waals surface area contributed by atoms with E-state index in [4.69, 9.17) is 5.73 Å². The maximum atomic E-state index is 5.87. The van der Waals surface area contributed by atoms with E-state index in [1.54, 1.807) is 0 Å². The summed E-state index contributed by atoms with van der Waals surface area (Å²) in [5, 5.41) is 0. The molecule has 1 heteroatoms. The minimum atomic E-state index is 0.782. The Labute approximate surface area is 148 Å². The zero-order chi connectivity index (χ0) is 17.1. The smallest absolute Gasteiger partial charge is 0.0314 e. The molecule has 0 saturated heterocycles. The monoisotopic (exact) mass is 321 g/mol. The van der Waals surface area contributed by atoms with Gasteiger partial charge in [0.2, 0.25) is 0 Å². The lowest BCUT2D eigenvalue weighted by atomic mass is 9.91. The highest BCUT2D eigenvalue weighted by Crippen LogP contribution is 2.35. The van der Waals surface area contributed by atoms with E-state index in [9.17, 15) is 0 Å². The third-order valence-corrected chi connectivity index (χ3v) is 4.43. The largest absolute Gasteiger partial charge is 0.399 e. The molecule has 0 unspecified atom stereocenters. The van der Waals surface area contributed by atoms with Crippen LogP contribution < -0.4 is 5.73 Å². The van der Waals surface area contributed by atoms with Crippen molar-refractivity contribution in [1.82, 2.24) is 0 Å². The molecule has 25 heavy (non-hydrogen) atoms. The van der Waals surface area contributed by atoms with E-state index in [1.807, 2.05) is 24.3 Å². The number of hydrogen-bond donors (Lipinski definition) is 1. The summed E-state index contributed by atoms with van der Waals surface area (Å²) in [4.78, 5) is 0. The molecule has 2 N–H and O–H groups in total. The number of hydrogen-bond acceptors (Lipinski definition) is 1. The van der Waals surface area contributed by atoms with Crippen LogP contribution in [0.2, 0.25) is 0 Å². The van der Waals surface area contributed by atoms with Crippen molar-refractivity contribution >= 4 is 5.69 Å². The lowest BCUT2D eigenvalue weighted by Crippen LogP contribution is -1.89. The van der Waals surface area contributed by atoms with Crippen molar-refractivity contribution in [2.45, 2.75) is 0 Å². The van der Waals surface area contributed by atoms with Gasteiger partial charge in [0.25, 0.3) is 0 Å². The molecule has 0 aliphatic heterocycles. The summed E-state index contributed by atoms with van der Waals surface area (Å²) in [6.07, 6.45) is 0. The molecule has 0 spiro atoms. The molecule has 0 bridgehead atoms. The van der Waals surface area contributed by atoms with Crippen LogP contribution in [0.3, 0.4) is 0 Å². The van der Waals surface area contributed by atoms with Crippen LogP contribution in [0.25, 0.3) is 33.4 Å². The molecule has 4 aromatic rings. The molecule has 0 aromatic heterocycles. The summed E-state index contributed by atoms with van der Waals surface area (Å²) in [5.74, 6) is 0. The average molecular weight is 321 g/mol. The second-order valence-corrected chi connectivity index (χ2v) is 6.11. The standard InChI is InChI=1S/C24H19N/c25-22-14-11-20(12-15-22)24-17-21(18-7-3-1-4-8-18)13-16-23(24)19-9-5-2-6-10-19/h1-17H,25H2. The summed E-state index contributed by atoms with van der Waals surface area (Å²) >= 11 is 0. The zero-order valence-corrected chi connectivity index (χ0v) is 13.9. The molecular weight excluding hydrogens is 302 g/mol. The fourth-order valence-electron chi connectivity index (χ4n) is 3.13. The molecule has 4 rings (SSSR count). The van der Waals surface area contributed by atoms with Gasteiger partial charge in [0.15, 0.2) is 0 Å². The summed E-state index contributed by atoms with van der Waals surface area (Å²) in [7, 11) is 0. The highest BCUT2D eigenvalue weighted by molar-refractivity contribution is 5.87. The van der Waals surface area contributed by atoms with Crippen molar-refractivity contribution in [3.63, 3.8) is 0 Å². The van der Waals surface area contributed by atoms with Gasteiger partial charge in [0, 0.05) is 5.69 Å². The Kier molecular flexibility index (Phi) is 4.05. The van der Waals surface area contributed by atoms with E-state index >= 15 is 0 Å². The zero-order valence-electron chi connectivity index (χ0n) is 13.9. The van der Waals surface area contributed by atoms with Crippen LogP contribution in [0.1, 0.15) is 0 Å². The molecule has 1 nitrogen and oxygen atoms in total. The van der Waals surface area contributed by atoms with E-state index in [2.05, 4.69) is 78.9 Å². The third kappa shape index (κ3) is 3.17. The molecule has 0 amide bonds. The summed E-state index contributed by atoms with van der Waals surface area (Å²) in [6, 6.07) is 35.7. The van der Waals surface area contributed by atoms with Gasteiger partial charge in [-0.2, -0.15) is 0 Å². The van der Waals surface area contributed by atoms with Gasteiger partial charge in [-0.3, -0.25) is 0 Å². The van der Waals surface area contributed by atoms with Gasteiger partial charge in [-0.15, -0.1) is 0 Å². The Morgan fingerprint density at radius 1 is 0.400 bits per heavy atom. The maximum Gasteiger partial charge on any atom is 0.0314 e.